The number of hydrogen-bond acceptors (Lipinski definition) is 5. The predicted molar refractivity (Wildman–Crippen MR) is 118 cm³/mol. The Morgan fingerprint density at radius 1 is 1.06 bits per heavy atom. The molecule has 164 valence electrons. The summed E-state index contributed by atoms with van der Waals surface area (Å²) >= 11 is 0. The molecular formula is C25H25N2O5+. The molecule has 0 radical (unpaired) electrons. The smallest absolute Gasteiger partial charge is 0.303 e. The highest BCUT2D eigenvalue weighted by atomic mass is 16.7. The highest BCUT2D eigenvalue weighted by Crippen LogP contribution is 2.43. The van der Waals surface area contributed by atoms with Gasteiger partial charge in [0.05, 0.1) is 22.6 Å². The molecule has 3 aromatic rings. The average molecular weight is 433 g/mol. The third kappa shape index (κ3) is 3.03. The van der Waals surface area contributed by atoms with E-state index in [1.807, 2.05) is 6.07 Å². The van der Waals surface area contributed by atoms with E-state index in [0.717, 1.165) is 65.2 Å². The number of nitrogens with zero attached hydrogens (tertiary/aromatic N) is 2. The number of aliphatic carboxylic acids is 1. The van der Waals surface area contributed by atoms with Crippen LogP contribution in [0.25, 0.3) is 22.2 Å². The molecule has 0 amide bonds. The summed E-state index contributed by atoms with van der Waals surface area (Å²) in [6.07, 6.45) is 2.93. The summed E-state index contributed by atoms with van der Waals surface area (Å²) in [5, 5.41) is 10.1. The number of aryl methyl sites for hydroxylation is 2. The van der Waals surface area contributed by atoms with E-state index in [2.05, 4.69) is 40.8 Å². The molecule has 32 heavy (non-hydrogen) atoms. The third-order valence-corrected chi connectivity index (χ3v) is 6.71. The Kier molecular flexibility index (Phi) is 4.38. The van der Waals surface area contributed by atoms with Crippen LogP contribution in [0.5, 0.6) is 17.2 Å². The molecular weight excluding hydrogens is 408 g/mol. The fraction of sp³-hybridized carbons (Fsp3) is 0.360. The maximum absolute atomic E-state index is 10.9. The Balaban J connectivity index is 1.43. The van der Waals surface area contributed by atoms with Crippen molar-refractivity contribution in [1.82, 2.24) is 0 Å². The van der Waals surface area contributed by atoms with E-state index >= 15 is 0 Å². The van der Waals surface area contributed by atoms with E-state index in [0.29, 0.717) is 13.0 Å². The van der Waals surface area contributed by atoms with Gasteiger partial charge in [0.25, 0.3) is 0 Å². The number of pyridine rings is 1. The Morgan fingerprint density at radius 2 is 1.91 bits per heavy atom. The minimum atomic E-state index is -0.741. The first-order valence-electron chi connectivity index (χ1n) is 11.1. The fourth-order valence-corrected chi connectivity index (χ4v) is 5.21. The fourth-order valence-electron chi connectivity index (χ4n) is 5.21. The zero-order valence-electron chi connectivity index (χ0n) is 18.0. The molecule has 7 nitrogen and oxygen atoms in total. The van der Waals surface area contributed by atoms with E-state index < -0.39 is 5.97 Å². The van der Waals surface area contributed by atoms with Gasteiger partial charge in [0, 0.05) is 31.3 Å². The summed E-state index contributed by atoms with van der Waals surface area (Å²) in [6, 6.07) is 10.7. The molecule has 3 aliphatic rings. The van der Waals surface area contributed by atoms with Gasteiger partial charge >= 0.3 is 5.97 Å². The van der Waals surface area contributed by atoms with Crippen LogP contribution in [0.1, 0.15) is 30.4 Å². The zero-order valence-corrected chi connectivity index (χ0v) is 18.0. The lowest BCUT2D eigenvalue weighted by atomic mass is 9.93. The Bertz CT molecular complexity index is 1270. The molecule has 0 fully saturated rings. The quantitative estimate of drug-likeness (QED) is 0.635. The highest BCUT2D eigenvalue weighted by molar-refractivity contribution is 5.85. The molecule has 1 N–H and O–H groups in total. The summed E-state index contributed by atoms with van der Waals surface area (Å²) in [5.74, 6) is 1.71. The molecule has 0 bridgehead atoms. The molecule has 1 aromatic heterocycles. The Morgan fingerprint density at radius 3 is 2.75 bits per heavy atom. The van der Waals surface area contributed by atoms with Gasteiger partial charge in [0.2, 0.25) is 18.0 Å². The second kappa shape index (κ2) is 7.29. The van der Waals surface area contributed by atoms with Crippen LogP contribution in [-0.2, 0) is 24.9 Å². The molecule has 4 heterocycles. The molecule has 0 saturated heterocycles. The number of benzene rings is 2. The second-order valence-corrected chi connectivity index (χ2v) is 8.70. The van der Waals surface area contributed by atoms with Crippen molar-refractivity contribution in [2.75, 3.05) is 24.8 Å². The first-order chi connectivity index (χ1) is 15.6. The van der Waals surface area contributed by atoms with E-state index in [1.54, 1.807) is 0 Å². The second-order valence-electron chi connectivity index (χ2n) is 8.70. The molecule has 0 spiro atoms. The van der Waals surface area contributed by atoms with Crippen molar-refractivity contribution in [2.24, 2.45) is 7.05 Å². The predicted octanol–water partition coefficient (Wildman–Crippen LogP) is 3.57. The van der Waals surface area contributed by atoms with Crippen molar-refractivity contribution < 1.29 is 28.7 Å². The van der Waals surface area contributed by atoms with Crippen molar-refractivity contribution in [3.05, 3.63) is 41.5 Å². The van der Waals surface area contributed by atoms with Crippen LogP contribution >= 0.6 is 0 Å². The van der Waals surface area contributed by atoms with Gasteiger partial charge in [-0.3, -0.25) is 4.79 Å². The number of fused-ring (bicyclic) bond motifs is 6. The van der Waals surface area contributed by atoms with Gasteiger partial charge in [-0.15, -0.1) is 0 Å². The van der Waals surface area contributed by atoms with Crippen LogP contribution in [0, 0.1) is 0 Å². The van der Waals surface area contributed by atoms with Crippen LogP contribution in [0.15, 0.2) is 30.3 Å². The molecule has 0 saturated carbocycles. The van der Waals surface area contributed by atoms with E-state index in [1.165, 1.54) is 16.9 Å². The van der Waals surface area contributed by atoms with Crippen molar-refractivity contribution >= 4 is 22.6 Å². The van der Waals surface area contributed by atoms with Crippen LogP contribution < -0.4 is 23.7 Å². The Hall–Kier alpha value is -3.48. The minimum absolute atomic E-state index is 0.196. The van der Waals surface area contributed by atoms with Crippen molar-refractivity contribution in [1.29, 1.82) is 0 Å². The van der Waals surface area contributed by atoms with E-state index in [9.17, 15) is 4.79 Å². The zero-order chi connectivity index (χ0) is 21.8. The number of carboxylic acid groups (broad SMARTS) is 1. The van der Waals surface area contributed by atoms with Gasteiger partial charge in [-0.1, -0.05) is 0 Å². The van der Waals surface area contributed by atoms with E-state index in [4.69, 9.17) is 19.3 Å². The van der Waals surface area contributed by atoms with Gasteiger partial charge in [0.1, 0.15) is 19.4 Å². The maximum Gasteiger partial charge on any atom is 0.303 e. The summed E-state index contributed by atoms with van der Waals surface area (Å²) in [7, 11) is 2.09. The maximum atomic E-state index is 10.9. The largest absolute Gasteiger partial charge is 0.488 e. The van der Waals surface area contributed by atoms with Crippen molar-refractivity contribution in [3.63, 3.8) is 0 Å². The minimum Gasteiger partial charge on any atom is -0.488 e. The number of carbonyl (C=O) groups is 1. The third-order valence-electron chi connectivity index (χ3n) is 6.71. The Labute approximate surface area is 185 Å². The van der Waals surface area contributed by atoms with Gasteiger partial charge in [-0.25, -0.2) is 0 Å². The topological polar surface area (TPSA) is 72.1 Å². The molecule has 7 heteroatoms. The van der Waals surface area contributed by atoms with Crippen LogP contribution in [-0.4, -0.2) is 31.0 Å². The van der Waals surface area contributed by atoms with Crippen molar-refractivity contribution in [2.45, 2.75) is 32.3 Å². The number of hydrogen-bond donors (Lipinski definition) is 1. The summed E-state index contributed by atoms with van der Waals surface area (Å²) in [6.45, 7) is 2.47. The van der Waals surface area contributed by atoms with E-state index in [-0.39, 0.29) is 13.2 Å². The molecule has 0 atom stereocenters. The van der Waals surface area contributed by atoms with Gasteiger partial charge < -0.3 is 24.2 Å². The number of rotatable bonds is 4. The van der Waals surface area contributed by atoms with Gasteiger partial charge in [-0.05, 0) is 43.0 Å². The standard InChI is InChI=1S/C25H24N2O5/c1-26-19-11-23-22(31-14-32-23)10-16(19)8-17-13-30-21-12-20-15(9-18(21)25(17)26)4-2-6-27(20)7-3-5-24(28)29/h8-12H,2-7,13-14H2,1H3/p+1. The van der Waals surface area contributed by atoms with Gasteiger partial charge in [-0.2, -0.15) is 4.57 Å². The molecule has 0 aliphatic carbocycles. The first-order valence-corrected chi connectivity index (χ1v) is 11.1. The lowest BCUT2D eigenvalue weighted by molar-refractivity contribution is -0.634. The van der Waals surface area contributed by atoms with Crippen LogP contribution in [0.3, 0.4) is 0 Å². The SMILES string of the molecule is C[n+]1c2c(cc3cc4c(cc31)OCO4)COc1cc3c(cc1-2)CCCN3CCCC(=O)O. The number of ether oxygens (including phenoxy) is 3. The number of aromatic nitrogens is 1. The lowest BCUT2D eigenvalue weighted by Crippen LogP contribution is -2.35. The lowest BCUT2D eigenvalue weighted by Gasteiger charge is -2.33. The first kappa shape index (κ1) is 19.2. The van der Waals surface area contributed by atoms with Crippen molar-refractivity contribution in [3.8, 4) is 28.5 Å². The molecule has 2 aromatic carbocycles. The summed E-state index contributed by atoms with van der Waals surface area (Å²) in [5.41, 5.74) is 7.00. The molecule has 3 aliphatic heterocycles. The molecule has 0 unspecified atom stereocenters. The van der Waals surface area contributed by atoms with Gasteiger partial charge in [0.15, 0.2) is 11.5 Å². The normalized spacial score (nSPS) is 15.7. The van der Waals surface area contributed by atoms with Crippen LogP contribution in [0.4, 0.5) is 5.69 Å². The average Bonchev–Trinajstić information content (AvgIpc) is 3.24. The highest BCUT2D eigenvalue weighted by Gasteiger charge is 2.31. The van der Waals surface area contributed by atoms with Crippen LogP contribution in [0.2, 0.25) is 0 Å². The molecule has 6 rings (SSSR count). The summed E-state index contributed by atoms with van der Waals surface area (Å²) in [4.78, 5) is 13.2. The monoisotopic (exact) mass is 433 g/mol. The number of anilines is 1. The number of carboxylic acids is 1. The summed E-state index contributed by atoms with van der Waals surface area (Å²) < 4.78 is 19.6.